The molecule has 0 fully saturated rings. The fourth-order valence-corrected chi connectivity index (χ4v) is 3.88. The summed E-state index contributed by atoms with van der Waals surface area (Å²) in [6.45, 7) is 0. The van der Waals surface area contributed by atoms with Gasteiger partial charge in [0.05, 0.1) is 18.1 Å². The van der Waals surface area contributed by atoms with Gasteiger partial charge in [0, 0.05) is 6.08 Å². The van der Waals surface area contributed by atoms with Gasteiger partial charge >= 0.3 is 0 Å². The van der Waals surface area contributed by atoms with Gasteiger partial charge in [-0.3, -0.25) is 14.9 Å². The molecular weight excluding hydrogens is 396 g/mol. The van der Waals surface area contributed by atoms with Gasteiger partial charge in [0.25, 0.3) is 21.6 Å². The molecule has 0 unspecified atom stereocenters. The Balaban J connectivity index is 1.86. The van der Waals surface area contributed by atoms with Gasteiger partial charge in [0.2, 0.25) is 0 Å². The van der Waals surface area contributed by atoms with Gasteiger partial charge in [-0.05, 0) is 34.5 Å². The topological polar surface area (TPSA) is 116 Å². The van der Waals surface area contributed by atoms with Crippen LogP contribution >= 0.6 is 0 Å². The van der Waals surface area contributed by atoms with Crippen LogP contribution in [0.25, 0.3) is 16.8 Å². The molecule has 29 heavy (non-hydrogen) atoms. The molecular formula is C20H16N2O6S. The van der Waals surface area contributed by atoms with E-state index in [2.05, 4.69) is 0 Å². The standard InChI is InChI=1S/C20H16N2O6S/c1-28-16-10-11-19(18(13-16)22(24)25)29(26,27)21-20(23)12-9-15-7-4-6-14-5-2-3-8-17(14)15/h2-13H,1H3,(H,21,23)/b12-9+. The first-order valence-electron chi connectivity index (χ1n) is 8.37. The highest BCUT2D eigenvalue weighted by Gasteiger charge is 2.27. The van der Waals surface area contributed by atoms with Crippen molar-refractivity contribution in [3.8, 4) is 5.75 Å². The molecule has 148 valence electrons. The molecule has 3 aromatic rings. The quantitative estimate of drug-likeness (QED) is 0.377. The molecule has 0 bridgehead atoms. The van der Waals surface area contributed by atoms with Crippen LogP contribution in [0, 0.1) is 10.1 Å². The van der Waals surface area contributed by atoms with Crippen molar-refractivity contribution in [3.63, 3.8) is 0 Å². The number of nitro groups is 1. The van der Waals surface area contributed by atoms with E-state index in [1.54, 1.807) is 6.07 Å². The Morgan fingerprint density at radius 1 is 1.10 bits per heavy atom. The third-order valence-corrected chi connectivity index (χ3v) is 5.52. The summed E-state index contributed by atoms with van der Waals surface area (Å²) < 4.78 is 31.7. The maximum atomic E-state index is 12.5. The van der Waals surface area contributed by atoms with Crippen LogP contribution in [-0.2, 0) is 14.8 Å². The van der Waals surface area contributed by atoms with Crippen molar-refractivity contribution >= 4 is 38.5 Å². The number of carbonyl (C=O) groups is 1. The van der Waals surface area contributed by atoms with Crippen LogP contribution in [0.4, 0.5) is 5.69 Å². The zero-order chi connectivity index (χ0) is 21.0. The van der Waals surface area contributed by atoms with Crippen LogP contribution < -0.4 is 9.46 Å². The fourth-order valence-electron chi connectivity index (χ4n) is 2.78. The normalized spacial score (nSPS) is 11.5. The molecule has 1 N–H and O–H groups in total. The minimum atomic E-state index is -4.46. The lowest BCUT2D eigenvalue weighted by Gasteiger charge is -2.07. The zero-order valence-corrected chi connectivity index (χ0v) is 16.0. The highest BCUT2D eigenvalue weighted by Crippen LogP contribution is 2.28. The maximum Gasteiger partial charge on any atom is 0.293 e. The van der Waals surface area contributed by atoms with E-state index in [1.165, 1.54) is 19.3 Å². The first-order valence-corrected chi connectivity index (χ1v) is 9.85. The minimum Gasteiger partial charge on any atom is -0.497 e. The fraction of sp³-hybridized carbons (Fsp3) is 0.0500. The summed E-state index contributed by atoms with van der Waals surface area (Å²) in [7, 11) is -3.16. The summed E-state index contributed by atoms with van der Waals surface area (Å²) in [4.78, 5) is 21.9. The van der Waals surface area contributed by atoms with E-state index in [-0.39, 0.29) is 5.75 Å². The van der Waals surface area contributed by atoms with Crippen molar-refractivity contribution in [1.82, 2.24) is 4.72 Å². The number of ether oxygens (including phenoxy) is 1. The third-order valence-electron chi connectivity index (χ3n) is 4.12. The maximum absolute atomic E-state index is 12.5. The third kappa shape index (κ3) is 4.41. The number of nitro benzene ring substituents is 1. The Morgan fingerprint density at radius 3 is 2.55 bits per heavy atom. The summed E-state index contributed by atoms with van der Waals surface area (Å²) in [6, 6.07) is 16.3. The summed E-state index contributed by atoms with van der Waals surface area (Å²) in [5.74, 6) is -0.805. The lowest BCUT2D eigenvalue weighted by atomic mass is 10.0. The second-order valence-electron chi connectivity index (χ2n) is 5.96. The first kappa shape index (κ1) is 20.0. The molecule has 9 heteroatoms. The molecule has 1 amide bonds. The molecule has 0 radical (unpaired) electrons. The van der Waals surface area contributed by atoms with E-state index in [1.807, 2.05) is 41.1 Å². The largest absolute Gasteiger partial charge is 0.497 e. The van der Waals surface area contributed by atoms with Gasteiger partial charge in [-0.15, -0.1) is 0 Å². The molecule has 0 aliphatic rings. The van der Waals surface area contributed by atoms with Gasteiger partial charge in [-0.2, -0.15) is 0 Å². The smallest absolute Gasteiger partial charge is 0.293 e. The average molecular weight is 412 g/mol. The van der Waals surface area contributed by atoms with E-state index in [0.717, 1.165) is 34.5 Å². The molecule has 8 nitrogen and oxygen atoms in total. The van der Waals surface area contributed by atoms with E-state index >= 15 is 0 Å². The monoisotopic (exact) mass is 412 g/mol. The summed E-state index contributed by atoms with van der Waals surface area (Å²) in [5, 5.41) is 13.1. The van der Waals surface area contributed by atoms with Crippen LogP contribution in [0.3, 0.4) is 0 Å². The van der Waals surface area contributed by atoms with Crippen LogP contribution in [0.15, 0.2) is 71.6 Å². The number of hydrogen-bond acceptors (Lipinski definition) is 6. The number of benzene rings is 3. The summed E-state index contributed by atoms with van der Waals surface area (Å²) >= 11 is 0. The molecule has 0 spiro atoms. The van der Waals surface area contributed by atoms with Crippen LogP contribution in [-0.4, -0.2) is 26.4 Å². The van der Waals surface area contributed by atoms with Crippen LogP contribution in [0.1, 0.15) is 5.56 Å². The Kier molecular flexibility index (Phi) is 5.60. The number of amides is 1. The molecule has 0 saturated carbocycles. The number of sulfonamides is 1. The highest BCUT2D eigenvalue weighted by atomic mass is 32.2. The van der Waals surface area contributed by atoms with Crippen LogP contribution in [0.2, 0.25) is 0 Å². The van der Waals surface area contributed by atoms with Crippen molar-refractivity contribution in [3.05, 3.63) is 82.4 Å². The number of nitrogens with one attached hydrogen (secondary N) is 1. The molecule has 0 aromatic heterocycles. The predicted molar refractivity (Wildman–Crippen MR) is 108 cm³/mol. The Morgan fingerprint density at radius 2 is 1.83 bits per heavy atom. The molecule has 0 aliphatic carbocycles. The molecule has 0 aliphatic heterocycles. The van der Waals surface area contributed by atoms with E-state index in [4.69, 9.17) is 4.74 Å². The van der Waals surface area contributed by atoms with Gasteiger partial charge in [-0.25, -0.2) is 13.1 Å². The molecule has 3 aromatic carbocycles. The van der Waals surface area contributed by atoms with E-state index in [0.29, 0.717) is 0 Å². The number of fused-ring (bicyclic) bond motifs is 1. The second kappa shape index (κ2) is 8.11. The van der Waals surface area contributed by atoms with Gasteiger partial charge < -0.3 is 4.74 Å². The second-order valence-corrected chi connectivity index (χ2v) is 7.61. The molecule has 0 heterocycles. The van der Waals surface area contributed by atoms with Crippen molar-refractivity contribution < 1.29 is 22.9 Å². The number of hydrogen-bond donors (Lipinski definition) is 1. The van der Waals surface area contributed by atoms with E-state index < -0.39 is 31.4 Å². The van der Waals surface area contributed by atoms with Crippen molar-refractivity contribution in [2.45, 2.75) is 4.90 Å². The minimum absolute atomic E-state index is 0.123. The number of rotatable bonds is 6. The Hall–Kier alpha value is -3.72. The highest BCUT2D eigenvalue weighted by molar-refractivity contribution is 7.90. The SMILES string of the molecule is COc1ccc(S(=O)(=O)NC(=O)/C=C/c2cccc3ccccc23)c([N+](=O)[O-])c1. The van der Waals surface area contributed by atoms with Gasteiger partial charge in [0.15, 0.2) is 4.90 Å². The Labute approximate surface area is 166 Å². The number of carbonyl (C=O) groups excluding carboxylic acids is 1. The van der Waals surface area contributed by atoms with Gasteiger partial charge in [-0.1, -0.05) is 42.5 Å². The molecule has 3 rings (SSSR count). The predicted octanol–water partition coefficient (Wildman–Crippen LogP) is 3.27. The number of nitrogens with zero attached hydrogens (tertiary/aromatic N) is 1. The summed E-state index contributed by atoms with van der Waals surface area (Å²) in [5.41, 5.74) is 0.0359. The van der Waals surface area contributed by atoms with Crippen molar-refractivity contribution in [1.29, 1.82) is 0 Å². The average Bonchev–Trinajstić information content (AvgIpc) is 2.71. The van der Waals surface area contributed by atoms with E-state index in [9.17, 15) is 23.3 Å². The first-order chi connectivity index (χ1) is 13.8. The lowest BCUT2D eigenvalue weighted by Crippen LogP contribution is -2.29. The molecule has 0 saturated heterocycles. The summed E-state index contributed by atoms with van der Waals surface area (Å²) in [6.07, 6.45) is 2.55. The Bertz CT molecular complexity index is 1230. The lowest BCUT2D eigenvalue weighted by molar-refractivity contribution is -0.387. The van der Waals surface area contributed by atoms with Crippen LogP contribution in [0.5, 0.6) is 5.75 Å². The molecule has 0 atom stereocenters. The van der Waals surface area contributed by atoms with Crippen molar-refractivity contribution in [2.75, 3.05) is 7.11 Å². The zero-order valence-electron chi connectivity index (χ0n) is 15.2. The van der Waals surface area contributed by atoms with Gasteiger partial charge in [0.1, 0.15) is 5.75 Å². The number of methoxy groups -OCH3 is 1. The van der Waals surface area contributed by atoms with Crippen molar-refractivity contribution in [2.24, 2.45) is 0 Å².